The van der Waals surface area contributed by atoms with Crippen LogP contribution in [0.25, 0.3) is 0 Å². The van der Waals surface area contributed by atoms with E-state index in [9.17, 15) is 9.59 Å². The number of hydrogen-bond acceptors (Lipinski definition) is 2. The third kappa shape index (κ3) is 6.62. The highest BCUT2D eigenvalue weighted by Crippen LogP contribution is 1.79. The molecule has 0 aromatic heterocycles. The third-order valence-corrected chi connectivity index (χ3v) is 0.740. The van der Waals surface area contributed by atoms with Gasteiger partial charge in [0.25, 0.3) is 0 Å². The van der Waals surface area contributed by atoms with E-state index in [-0.39, 0.29) is 0 Å². The largest absolute Gasteiger partial charge is 0.366 e. The summed E-state index contributed by atoms with van der Waals surface area (Å²) in [6.07, 6.45) is 7.08. The number of nitrogens with two attached hydrogens (primary N) is 1. The zero-order valence-electron chi connectivity index (χ0n) is 5.49. The zero-order valence-corrected chi connectivity index (χ0v) is 5.49. The zero-order chi connectivity index (χ0) is 7.82. The molecule has 3 nitrogen and oxygen atoms in total. The Labute approximate surface area is 59.2 Å². The lowest BCUT2D eigenvalue weighted by Gasteiger charge is -1.75. The van der Waals surface area contributed by atoms with Crippen LogP contribution in [0, 0.1) is 0 Å². The molecule has 0 saturated heterocycles. The average molecular weight is 139 g/mol. The normalized spacial score (nSPS) is 10.8. The number of carbonyl (C=O) groups is 2. The molecule has 3 heteroatoms. The van der Waals surface area contributed by atoms with Crippen molar-refractivity contribution in [3.8, 4) is 0 Å². The number of allylic oxidation sites excluding steroid dienone is 3. The van der Waals surface area contributed by atoms with Gasteiger partial charge in [0, 0.05) is 12.5 Å². The molecule has 0 aliphatic heterocycles. The van der Waals surface area contributed by atoms with Crippen molar-refractivity contribution < 1.29 is 9.59 Å². The van der Waals surface area contributed by atoms with Crippen LogP contribution in [0.3, 0.4) is 0 Å². The van der Waals surface area contributed by atoms with Crippen molar-refractivity contribution in [1.82, 2.24) is 0 Å². The molecule has 0 rings (SSSR count). The Morgan fingerprint density at radius 1 is 1.40 bits per heavy atom. The van der Waals surface area contributed by atoms with Crippen molar-refractivity contribution in [2.45, 2.75) is 6.42 Å². The fraction of sp³-hybridized carbons (Fsp3) is 0.143. The van der Waals surface area contributed by atoms with Crippen molar-refractivity contribution in [2.24, 2.45) is 5.73 Å². The minimum atomic E-state index is -0.490. The average Bonchev–Trinajstić information content (AvgIpc) is 1.87. The first kappa shape index (κ1) is 8.62. The van der Waals surface area contributed by atoms with E-state index in [1.54, 1.807) is 12.2 Å². The van der Waals surface area contributed by atoms with E-state index >= 15 is 0 Å². The van der Waals surface area contributed by atoms with Gasteiger partial charge in [-0.25, -0.2) is 0 Å². The van der Waals surface area contributed by atoms with E-state index in [4.69, 9.17) is 5.73 Å². The molecule has 0 fully saturated rings. The monoisotopic (exact) mass is 139 g/mol. The van der Waals surface area contributed by atoms with E-state index in [0.29, 0.717) is 6.42 Å². The van der Waals surface area contributed by atoms with Gasteiger partial charge < -0.3 is 10.5 Å². The molecule has 0 bridgehead atoms. The first-order valence-electron chi connectivity index (χ1n) is 2.83. The maximum Gasteiger partial charge on any atom is 0.241 e. The Hall–Kier alpha value is -1.38. The van der Waals surface area contributed by atoms with Crippen molar-refractivity contribution >= 4 is 12.2 Å². The van der Waals surface area contributed by atoms with E-state index in [1.165, 1.54) is 12.2 Å². The van der Waals surface area contributed by atoms with E-state index in [0.717, 1.165) is 6.29 Å². The molecule has 0 spiro atoms. The van der Waals surface area contributed by atoms with Crippen molar-refractivity contribution in [3.05, 3.63) is 24.3 Å². The first-order valence-corrected chi connectivity index (χ1v) is 2.83. The second kappa shape index (κ2) is 5.75. The van der Waals surface area contributed by atoms with Gasteiger partial charge in [-0.15, -0.1) is 0 Å². The fourth-order valence-corrected chi connectivity index (χ4v) is 0.363. The molecule has 0 aromatic rings. The van der Waals surface area contributed by atoms with E-state index in [2.05, 4.69) is 0 Å². The van der Waals surface area contributed by atoms with Crippen molar-refractivity contribution in [2.75, 3.05) is 0 Å². The SMILES string of the molecule is NC(=O)C=CC=CCC=O. The molecule has 0 atom stereocenters. The van der Waals surface area contributed by atoms with Gasteiger partial charge in [0.05, 0.1) is 0 Å². The van der Waals surface area contributed by atoms with Crippen LogP contribution in [0.2, 0.25) is 0 Å². The van der Waals surface area contributed by atoms with Crippen LogP contribution in [0.5, 0.6) is 0 Å². The molecule has 0 heterocycles. The van der Waals surface area contributed by atoms with Crippen molar-refractivity contribution in [1.29, 1.82) is 0 Å². The number of carbonyl (C=O) groups excluding carboxylic acids is 2. The van der Waals surface area contributed by atoms with Crippen LogP contribution < -0.4 is 5.73 Å². The second-order valence-corrected chi connectivity index (χ2v) is 1.59. The Balaban J connectivity index is 3.51. The lowest BCUT2D eigenvalue weighted by molar-refractivity contribution is -0.113. The van der Waals surface area contributed by atoms with Crippen LogP contribution >= 0.6 is 0 Å². The standard InChI is InChI=1S/C7H9NO2/c8-7(10)5-3-1-2-4-6-9/h1-3,5-6H,4H2,(H2,8,10). The van der Waals surface area contributed by atoms with Crippen LogP contribution in [-0.4, -0.2) is 12.2 Å². The highest BCUT2D eigenvalue weighted by atomic mass is 16.1. The Morgan fingerprint density at radius 3 is 2.60 bits per heavy atom. The molecule has 1 amide bonds. The topological polar surface area (TPSA) is 60.2 Å². The van der Waals surface area contributed by atoms with Crippen LogP contribution in [0.1, 0.15) is 6.42 Å². The van der Waals surface area contributed by atoms with E-state index in [1.807, 2.05) is 0 Å². The number of primary amides is 1. The summed E-state index contributed by atoms with van der Waals surface area (Å²) in [5.74, 6) is -0.490. The van der Waals surface area contributed by atoms with Gasteiger partial charge in [-0.1, -0.05) is 18.2 Å². The molecule has 54 valence electrons. The highest BCUT2D eigenvalue weighted by Gasteiger charge is 1.76. The third-order valence-electron chi connectivity index (χ3n) is 0.740. The lowest BCUT2D eigenvalue weighted by Crippen LogP contribution is -2.04. The molecular formula is C7H9NO2. The first-order chi connectivity index (χ1) is 4.77. The quantitative estimate of drug-likeness (QED) is 0.343. The number of amides is 1. The summed E-state index contributed by atoms with van der Waals surface area (Å²) in [7, 11) is 0. The number of rotatable bonds is 4. The molecule has 0 aliphatic rings. The fourth-order valence-electron chi connectivity index (χ4n) is 0.363. The van der Waals surface area contributed by atoms with Gasteiger partial charge in [-0.2, -0.15) is 0 Å². The van der Waals surface area contributed by atoms with Crippen LogP contribution in [0.15, 0.2) is 24.3 Å². The molecule has 0 aromatic carbocycles. The highest BCUT2D eigenvalue weighted by molar-refractivity contribution is 5.85. The molecule has 10 heavy (non-hydrogen) atoms. The summed E-state index contributed by atoms with van der Waals surface area (Å²) >= 11 is 0. The van der Waals surface area contributed by atoms with Crippen LogP contribution in [0.4, 0.5) is 0 Å². The van der Waals surface area contributed by atoms with Gasteiger partial charge >= 0.3 is 0 Å². The lowest BCUT2D eigenvalue weighted by atomic mass is 10.4. The van der Waals surface area contributed by atoms with Gasteiger partial charge in [0.2, 0.25) is 5.91 Å². The van der Waals surface area contributed by atoms with Gasteiger partial charge in [-0.05, 0) is 0 Å². The summed E-state index contributed by atoms with van der Waals surface area (Å²) in [6.45, 7) is 0. The maximum atomic E-state index is 10.1. The summed E-state index contributed by atoms with van der Waals surface area (Å²) < 4.78 is 0. The Kier molecular flexibility index (Phi) is 4.96. The Morgan fingerprint density at radius 2 is 2.10 bits per heavy atom. The molecular weight excluding hydrogens is 130 g/mol. The Bertz CT molecular complexity index is 170. The van der Waals surface area contributed by atoms with Crippen LogP contribution in [-0.2, 0) is 9.59 Å². The molecule has 0 unspecified atom stereocenters. The molecule has 0 aliphatic carbocycles. The predicted molar refractivity (Wildman–Crippen MR) is 38.2 cm³/mol. The summed E-state index contributed by atoms with van der Waals surface area (Å²) in [6, 6.07) is 0. The van der Waals surface area contributed by atoms with E-state index < -0.39 is 5.91 Å². The minimum Gasteiger partial charge on any atom is -0.366 e. The second-order valence-electron chi connectivity index (χ2n) is 1.59. The van der Waals surface area contributed by atoms with Gasteiger partial charge in [0.1, 0.15) is 6.29 Å². The summed E-state index contributed by atoms with van der Waals surface area (Å²) in [5.41, 5.74) is 4.78. The molecule has 0 saturated carbocycles. The predicted octanol–water partition coefficient (Wildman–Crippen LogP) is 0.173. The van der Waals surface area contributed by atoms with Gasteiger partial charge in [0.15, 0.2) is 0 Å². The smallest absolute Gasteiger partial charge is 0.241 e. The molecule has 2 N–H and O–H groups in total. The summed E-state index contributed by atoms with van der Waals surface area (Å²) in [5, 5.41) is 0. The minimum absolute atomic E-state index is 0.364. The summed E-state index contributed by atoms with van der Waals surface area (Å²) in [4.78, 5) is 19.8. The number of aldehydes is 1. The molecule has 0 radical (unpaired) electrons. The van der Waals surface area contributed by atoms with Gasteiger partial charge in [-0.3, -0.25) is 4.79 Å². The van der Waals surface area contributed by atoms with Crippen molar-refractivity contribution in [3.63, 3.8) is 0 Å². The maximum absolute atomic E-state index is 10.1. The number of hydrogen-bond donors (Lipinski definition) is 1.